The summed E-state index contributed by atoms with van der Waals surface area (Å²) in [6.45, 7) is 3.52. The van der Waals surface area contributed by atoms with Crippen LogP contribution in [-0.4, -0.2) is 49.1 Å². The van der Waals surface area contributed by atoms with Crippen LogP contribution in [0.5, 0.6) is 5.75 Å². The summed E-state index contributed by atoms with van der Waals surface area (Å²) in [5, 5.41) is 2.76. The molecule has 2 amide bonds. The minimum Gasteiger partial charge on any atom is -0.484 e. The molecule has 0 aliphatic carbocycles. The summed E-state index contributed by atoms with van der Waals surface area (Å²) in [5.41, 5.74) is 1.11. The second-order valence-electron chi connectivity index (χ2n) is 6.15. The third-order valence-electron chi connectivity index (χ3n) is 4.13. The molecule has 1 atom stereocenters. The molecule has 2 aromatic rings. The van der Waals surface area contributed by atoms with Crippen molar-refractivity contribution in [3.05, 3.63) is 60.2 Å². The lowest BCUT2D eigenvalue weighted by Gasteiger charge is -2.33. The Morgan fingerprint density at radius 2 is 2.00 bits per heavy atom. The molecule has 0 saturated carbocycles. The van der Waals surface area contributed by atoms with Gasteiger partial charge in [0, 0.05) is 17.8 Å². The number of carbonyl (C=O) groups is 2. The maximum absolute atomic E-state index is 12.7. The number of rotatable bonds is 5. The molecule has 1 unspecified atom stereocenters. The number of anilines is 1. The molecule has 3 rings (SSSR count). The predicted molar refractivity (Wildman–Crippen MR) is 98.3 cm³/mol. The van der Waals surface area contributed by atoms with Crippen molar-refractivity contribution in [3.8, 4) is 5.75 Å². The first-order valence-corrected chi connectivity index (χ1v) is 8.60. The van der Waals surface area contributed by atoms with Crippen molar-refractivity contribution in [1.82, 2.24) is 4.90 Å². The Morgan fingerprint density at radius 1 is 1.19 bits per heavy atom. The van der Waals surface area contributed by atoms with E-state index in [1.807, 2.05) is 25.1 Å². The Kier molecular flexibility index (Phi) is 5.86. The number of benzene rings is 2. The fourth-order valence-electron chi connectivity index (χ4n) is 2.79. The number of nitrogens with one attached hydrogen (secondary N) is 1. The van der Waals surface area contributed by atoms with Crippen LogP contribution in [0.2, 0.25) is 0 Å². The minimum atomic E-state index is -0.279. The average Bonchev–Trinajstić information content (AvgIpc) is 2.67. The van der Waals surface area contributed by atoms with Gasteiger partial charge in [0.15, 0.2) is 6.61 Å². The van der Waals surface area contributed by atoms with E-state index < -0.39 is 0 Å². The van der Waals surface area contributed by atoms with Crippen LogP contribution in [0.15, 0.2) is 54.6 Å². The zero-order valence-electron chi connectivity index (χ0n) is 14.7. The van der Waals surface area contributed by atoms with Crippen molar-refractivity contribution in [2.24, 2.45) is 0 Å². The van der Waals surface area contributed by atoms with E-state index in [1.165, 1.54) is 0 Å². The van der Waals surface area contributed by atoms with E-state index in [1.54, 1.807) is 41.3 Å². The Labute approximate surface area is 152 Å². The van der Waals surface area contributed by atoms with Gasteiger partial charge >= 0.3 is 0 Å². The van der Waals surface area contributed by atoms with Gasteiger partial charge in [-0.3, -0.25) is 9.59 Å². The summed E-state index contributed by atoms with van der Waals surface area (Å²) in [6, 6.07) is 16.1. The lowest BCUT2D eigenvalue weighted by Crippen LogP contribution is -2.47. The molecule has 0 spiro atoms. The van der Waals surface area contributed by atoms with Gasteiger partial charge in [0.2, 0.25) is 0 Å². The highest BCUT2D eigenvalue weighted by atomic mass is 16.5. The van der Waals surface area contributed by atoms with Gasteiger partial charge in [-0.15, -0.1) is 0 Å². The molecule has 0 radical (unpaired) electrons. The third kappa shape index (κ3) is 4.61. The number of hydrogen-bond acceptors (Lipinski definition) is 4. The van der Waals surface area contributed by atoms with Crippen LogP contribution in [-0.2, 0) is 9.53 Å². The van der Waals surface area contributed by atoms with Gasteiger partial charge in [-0.25, -0.2) is 0 Å². The molecular formula is C20H22N2O4. The quantitative estimate of drug-likeness (QED) is 0.896. The highest BCUT2D eigenvalue weighted by molar-refractivity contribution is 5.97. The predicted octanol–water partition coefficient (Wildman–Crippen LogP) is 2.57. The molecule has 26 heavy (non-hydrogen) atoms. The third-order valence-corrected chi connectivity index (χ3v) is 4.13. The van der Waals surface area contributed by atoms with Crippen molar-refractivity contribution in [3.63, 3.8) is 0 Å². The van der Waals surface area contributed by atoms with Crippen LogP contribution in [0.25, 0.3) is 0 Å². The number of nitrogens with zero attached hydrogens (tertiary/aromatic N) is 1. The molecule has 2 aromatic carbocycles. The molecular weight excluding hydrogens is 332 g/mol. The van der Waals surface area contributed by atoms with Gasteiger partial charge < -0.3 is 19.7 Å². The van der Waals surface area contributed by atoms with Gasteiger partial charge in [-0.1, -0.05) is 24.3 Å². The zero-order valence-corrected chi connectivity index (χ0v) is 14.7. The lowest BCUT2D eigenvalue weighted by molar-refractivity contribution is -0.118. The number of carbonyl (C=O) groups excluding carboxylic acids is 2. The summed E-state index contributed by atoms with van der Waals surface area (Å²) >= 11 is 0. The fraction of sp³-hybridized carbons (Fsp3) is 0.300. The summed E-state index contributed by atoms with van der Waals surface area (Å²) in [7, 11) is 0. The monoisotopic (exact) mass is 354 g/mol. The first kappa shape index (κ1) is 17.9. The van der Waals surface area contributed by atoms with E-state index in [0.29, 0.717) is 36.8 Å². The molecule has 6 heteroatoms. The smallest absolute Gasteiger partial charge is 0.262 e. The van der Waals surface area contributed by atoms with E-state index >= 15 is 0 Å². The molecule has 6 nitrogen and oxygen atoms in total. The number of ether oxygens (including phenoxy) is 2. The molecule has 1 aliphatic rings. The summed E-state index contributed by atoms with van der Waals surface area (Å²) in [5.74, 6) is 0.295. The normalized spacial score (nSPS) is 16.8. The SMILES string of the molecule is CC1COCCN1C(=O)c1cccc(NC(=O)COc2ccccc2)c1. The number of hydrogen-bond donors (Lipinski definition) is 1. The molecule has 1 saturated heterocycles. The number of para-hydroxylation sites is 1. The van der Waals surface area contributed by atoms with Crippen LogP contribution in [0.1, 0.15) is 17.3 Å². The lowest BCUT2D eigenvalue weighted by atomic mass is 10.1. The average molecular weight is 354 g/mol. The first-order valence-electron chi connectivity index (χ1n) is 8.60. The summed E-state index contributed by atoms with van der Waals surface area (Å²) < 4.78 is 10.8. The number of morpholine rings is 1. The molecule has 136 valence electrons. The Bertz CT molecular complexity index is 763. The van der Waals surface area contributed by atoms with Crippen LogP contribution < -0.4 is 10.1 Å². The molecule has 1 N–H and O–H groups in total. The van der Waals surface area contributed by atoms with Crippen molar-refractivity contribution in [1.29, 1.82) is 0 Å². The van der Waals surface area contributed by atoms with Crippen LogP contribution in [0.3, 0.4) is 0 Å². The Morgan fingerprint density at radius 3 is 2.77 bits per heavy atom. The van der Waals surface area contributed by atoms with Crippen molar-refractivity contribution < 1.29 is 19.1 Å². The van der Waals surface area contributed by atoms with E-state index in [9.17, 15) is 9.59 Å². The topological polar surface area (TPSA) is 67.9 Å². The van der Waals surface area contributed by atoms with Gasteiger partial charge in [-0.2, -0.15) is 0 Å². The van der Waals surface area contributed by atoms with E-state index in [0.717, 1.165) is 0 Å². The molecule has 0 bridgehead atoms. The highest BCUT2D eigenvalue weighted by Crippen LogP contribution is 2.16. The van der Waals surface area contributed by atoms with Gasteiger partial charge in [0.25, 0.3) is 11.8 Å². The molecule has 1 fully saturated rings. The standard InChI is InChI=1S/C20H22N2O4/c1-15-13-25-11-10-22(15)20(24)16-6-5-7-17(12-16)21-19(23)14-26-18-8-3-2-4-9-18/h2-9,12,15H,10-11,13-14H2,1H3,(H,21,23). The first-order chi connectivity index (χ1) is 12.6. The summed E-state index contributed by atoms with van der Waals surface area (Å²) in [6.07, 6.45) is 0. The van der Waals surface area contributed by atoms with Gasteiger partial charge in [0.1, 0.15) is 5.75 Å². The minimum absolute atomic E-state index is 0.0359. The Balaban J connectivity index is 1.60. The van der Waals surface area contributed by atoms with Gasteiger partial charge in [-0.05, 0) is 37.3 Å². The van der Waals surface area contributed by atoms with Crippen LogP contribution in [0, 0.1) is 0 Å². The summed E-state index contributed by atoms with van der Waals surface area (Å²) in [4.78, 5) is 26.6. The van der Waals surface area contributed by atoms with Crippen molar-refractivity contribution in [2.45, 2.75) is 13.0 Å². The van der Waals surface area contributed by atoms with Crippen LogP contribution >= 0.6 is 0 Å². The zero-order chi connectivity index (χ0) is 18.4. The van der Waals surface area contributed by atoms with Crippen LogP contribution in [0.4, 0.5) is 5.69 Å². The van der Waals surface area contributed by atoms with Crippen molar-refractivity contribution >= 4 is 17.5 Å². The maximum atomic E-state index is 12.7. The second kappa shape index (κ2) is 8.49. The largest absolute Gasteiger partial charge is 0.484 e. The molecule has 0 aromatic heterocycles. The molecule has 1 heterocycles. The molecule has 1 aliphatic heterocycles. The van der Waals surface area contributed by atoms with E-state index in [-0.39, 0.29) is 24.5 Å². The van der Waals surface area contributed by atoms with E-state index in [4.69, 9.17) is 9.47 Å². The van der Waals surface area contributed by atoms with Crippen molar-refractivity contribution in [2.75, 3.05) is 31.7 Å². The van der Waals surface area contributed by atoms with Gasteiger partial charge in [0.05, 0.1) is 19.3 Å². The highest BCUT2D eigenvalue weighted by Gasteiger charge is 2.24. The second-order valence-corrected chi connectivity index (χ2v) is 6.15. The van der Waals surface area contributed by atoms with E-state index in [2.05, 4.69) is 5.32 Å². The fourth-order valence-corrected chi connectivity index (χ4v) is 2.79. The number of amides is 2. The maximum Gasteiger partial charge on any atom is 0.262 e. The Hall–Kier alpha value is -2.86.